The van der Waals surface area contributed by atoms with Gasteiger partial charge in [0.25, 0.3) is 0 Å². The summed E-state index contributed by atoms with van der Waals surface area (Å²) in [7, 11) is -3.76. The fourth-order valence-corrected chi connectivity index (χ4v) is 4.18. The van der Waals surface area contributed by atoms with Gasteiger partial charge in [0.15, 0.2) is 10.9 Å². The summed E-state index contributed by atoms with van der Waals surface area (Å²) in [4.78, 5) is 21.6. The Morgan fingerprint density at radius 2 is 1.58 bits per heavy atom. The van der Waals surface area contributed by atoms with E-state index >= 15 is 0 Å². The molecule has 1 heterocycles. The smallest absolute Gasteiger partial charge is 0.238 e. The Morgan fingerprint density at radius 3 is 2.29 bits per heavy atom. The number of primary sulfonamides is 1. The number of carbonyl (C=O) groups excluding carboxylic acids is 1. The molecule has 0 atom stereocenters. The Labute approximate surface area is 183 Å². The molecule has 0 aliphatic rings. The third-order valence-corrected chi connectivity index (χ3v) is 6.23. The van der Waals surface area contributed by atoms with Gasteiger partial charge in [-0.15, -0.1) is 0 Å². The number of aromatic nitrogens is 2. The molecule has 3 aromatic carbocycles. The molecule has 0 unspecified atom stereocenters. The van der Waals surface area contributed by atoms with Gasteiger partial charge < -0.3 is 5.32 Å². The molecule has 3 N–H and O–H groups in total. The van der Waals surface area contributed by atoms with Gasteiger partial charge in [-0.1, -0.05) is 54.2 Å². The monoisotopic (exact) mass is 450 g/mol. The summed E-state index contributed by atoms with van der Waals surface area (Å²) in [6, 6.07) is 22.7. The van der Waals surface area contributed by atoms with E-state index in [1.54, 1.807) is 24.3 Å². The Morgan fingerprint density at radius 1 is 0.903 bits per heavy atom. The molecular weight excluding hydrogens is 432 g/mol. The number of thioether (sulfide) groups is 1. The number of benzene rings is 3. The highest BCUT2D eigenvalue weighted by Gasteiger charge is 2.12. The highest BCUT2D eigenvalue weighted by atomic mass is 32.2. The number of nitrogens with two attached hydrogens (primary N) is 1. The number of hydrogen-bond donors (Lipinski definition) is 2. The third kappa shape index (κ3) is 5.08. The van der Waals surface area contributed by atoms with Crippen LogP contribution in [-0.2, 0) is 10.0 Å². The van der Waals surface area contributed by atoms with E-state index in [0.717, 1.165) is 10.9 Å². The number of sulfonamides is 1. The minimum Gasteiger partial charge on any atom is -0.340 e. The number of nitrogens with one attached hydrogen (secondary N) is 1. The molecule has 0 spiro atoms. The number of carbonyl (C=O) groups is 1. The second kappa shape index (κ2) is 8.84. The van der Waals surface area contributed by atoms with Crippen molar-refractivity contribution in [3.05, 3.63) is 84.4 Å². The first-order chi connectivity index (χ1) is 14.9. The first-order valence-corrected chi connectivity index (χ1v) is 11.8. The van der Waals surface area contributed by atoms with Gasteiger partial charge in [0.05, 0.1) is 16.2 Å². The van der Waals surface area contributed by atoms with E-state index in [9.17, 15) is 13.2 Å². The molecule has 0 aliphatic heterocycles. The van der Waals surface area contributed by atoms with Gasteiger partial charge in [-0.05, 0) is 36.4 Å². The van der Waals surface area contributed by atoms with Crippen molar-refractivity contribution >= 4 is 50.0 Å². The number of hydrogen-bond acceptors (Lipinski definition) is 7. The summed E-state index contributed by atoms with van der Waals surface area (Å²) in [5, 5.41) is 9.62. The maximum absolute atomic E-state index is 12.4. The summed E-state index contributed by atoms with van der Waals surface area (Å²) in [6.07, 6.45) is 0. The first kappa shape index (κ1) is 21.0. The standard InChI is InChI=1S/C22H18N4O3S2/c23-31(28,29)17-12-10-16(11-13-17)24-21-18-8-4-5-9-19(18)25-22(26-21)30-14-20(27)15-6-2-1-3-7-15/h1-13H,14H2,(H2,23,28,29)(H,24,25,26). The lowest BCUT2D eigenvalue weighted by atomic mass is 10.2. The van der Waals surface area contributed by atoms with E-state index in [1.165, 1.54) is 23.9 Å². The van der Waals surface area contributed by atoms with Crippen LogP contribution in [0.3, 0.4) is 0 Å². The molecule has 0 bridgehead atoms. The summed E-state index contributed by atoms with van der Waals surface area (Å²) in [6.45, 7) is 0. The Hall–Kier alpha value is -3.27. The van der Waals surface area contributed by atoms with Gasteiger partial charge in [0, 0.05) is 16.6 Å². The highest BCUT2D eigenvalue weighted by Crippen LogP contribution is 2.27. The minimum absolute atomic E-state index is 0.00421. The number of nitrogens with zero attached hydrogens (tertiary/aromatic N) is 2. The van der Waals surface area contributed by atoms with E-state index in [-0.39, 0.29) is 16.4 Å². The topological polar surface area (TPSA) is 115 Å². The minimum atomic E-state index is -3.76. The van der Waals surface area contributed by atoms with Crippen molar-refractivity contribution in [1.29, 1.82) is 0 Å². The quantitative estimate of drug-likeness (QED) is 0.248. The Bertz CT molecular complexity index is 1340. The maximum atomic E-state index is 12.4. The van der Waals surface area contributed by atoms with E-state index in [4.69, 9.17) is 5.14 Å². The summed E-state index contributed by atoms with van der Waals surface area (Å²) in [5.41, 5.74) is 2.02. The highest BCUT2D eigenvalue weighted by molar-refractivity contribution is 7.99. The van der Waals surface area contributed by atoms with Gasteiger partial charge in [-0.2, -0.15) is 0 Å². The van der Waals surface area contributed by atoms with Crippen LogP contribution in [0.2, 0.25) is 0 Å². The number of rotatable bonds is 7. The predicted octanol–water partition coefficient (Wildman–Crippen LogP) is 4.00. The second-order valence-electron chi connectivity index (χ2n) is 6.64. The Balaban J connectivity index is 1.60. The number of para-hydroxylation sites is 1. The molecule has 0 amide bonds. The van der Waals surface area contributed by atoms with E-state index in [1.807, 2.05) is 42.5 Å². The van der Waals surface area contributed by atoms with Crippen molar-refractivity contribution in [2.24, 2.45) is 5.14 Å². The molecule has 31 heavy (non-hydrogen) atoms. The van der Waals surface area contributed by atoms with Crippen LogP contribution in [0.5, 0.6) is 0 Å². The lowest BCUT2D eigenvalue weighted by Crippen LogP contribution is -2.11. The summed E-state index contributed by atoms with van der Waals surface area (Å²) < 4.78 is 22.9. The number of anilines is 2. The summed E-state index contributed by atoms with van der Waals surface area (Å²) in [5.74, 6) is 0.768. The molecule has 156 valence electrons. The van der Waals surface area contributed by atoms with Gasteiger partial charge in [-0.25, -0.2) is 23.5 Å². The van der Waals surface area contributed by atoms with Crippen molar-refractivity contribution in [1.82, 2.24) is 9.97 Å². The number of ketones is 1. The van der Waals surface area contributed by atoms with Crippen LogP contribution < -0.4 is 10.5 Å². The lowest BCUT2D eigenvalue weighted by molar-refractivity contribution is 0.102. The first-order valence-electron chi connectivity index (χ1n) is 9.28. The zero-order valence-electron chi connectivity index (χ0n) is 16.2. The van der Waals surface area contributed by atoms with Crippen LogP contribution in [0, 0.1) is 0 Å². The molecule has 0 saturated heterocycles. The van der Waals surface area contributed by atoms with E-state index in [0.29, 0.717) is 22.2 Å². The Kier molecular flexibility index (Phi) is 5.99. The molecular formula is C22H18N4O3S2. The molecule has 4 aromatic rings. The van der Waals surface area contributed by atoms with Crippen molar-refractivity contribution < 1.29 is 13.2 Å². The van der Waals surface area contributed by atoms with E-state index in [2.05, 4.69) is 15.3 Å². The molecule has 0 fully saturated rings. The average Bonchev–Trinajstić information content (AvgIpc) is 2.78. The number of fused-ring (bicyclic) bond motifs is 1. The molecule has 9 heteroatoms. The normalized spacial score (nSPS) is 11.4. The lowest BCUT2D eigenvalue weighted by Gasteiger charge is -2.11. The molecule has 0 saturated carbocycles. The van der Waals surface area contributed by atoms with Crippen LogP contribution >= 0.6 is 11.8 Å². The van der Waals surface area contributed by atoms with Crippen molar-refractivity contribution in [3.63, 3.8) is 0 Å². The van der Waals surface area contributed by atoms with E-state index < -0.39 is 10.0 Å². The fraction of sp³-hybridized carbons (Fsp3) is 0.0455. The van der Waals surface area contributed by atoms with Crippen molar-refractivity contribution in [2.45, 2.75) is 10.1 Å². The number of Topliss-reactive ketones (excluding diaryl/α,β-unsaturated/α-hetero) is 1. The average molecular weight is 451 g/mol. The predicted molar refractivity (Wildman–Crippen MR) is 122 cm³/mol. The molecule has 1 aromatic heterocycles. The zero-order chi connectivity index (χ0) is 21.8. The van der Waals surface area contributed by atoms with Gasteiger partial charge in [0.1, 0.15) is 5.82 Å². The van der Waals surface area contributed by atoms with Crippen molar-refractivity contribution in [3.8, 4) is 0 Å². The SMILES string of the molecule is NS(=O)(=O)c1ccc(Nc2nc(SCC(=O)c3ccccc3)nc3ccccc23)cc1. The zero-order valence-corrected chi connectivity index (χ0v) is 17.9. The molecule has 0 radical (unpaired) electrons. The third-order valence-electron chi connectivity index (χ3n) is 4.46. The van der Waals surface area contributed by atoms with Gasteiger partial charge in [-0.3, -0.25) is 4.79 Å². The fourth-order valence-electron chi connectivity index (χ4n) is 2.92. The van der Waals surface area contributed by atoms with Gasteiger partial charge >= 0.3 is 0 Å². The van der Waals surface area contributed by atoms with Crippen LogP contribution in [0.15, 0.2) is 88.9 Å². The molecule has 7 nitrogen and oxygen atoms in total. The van der Waals surface area contributed by atoms with Gasteiger partial charge in [0.2, 0.25) is 10.0 Å². The molecule has 0 aliphatic carbocycles. The second-order valence-corrected chi connectivity index (χ2v) is 9.15. The van der Waals surface area contributed by atoms with Crippen LogP contribution in [0.1, 0.15) is 10.4 Å². The summed E-state index contributed by atoms with van der Waals surface area (Å²) >= 11 is 1.26. The van der Waals surface area contributed by atoms with Crippen LogP contribution in [0.4, 0.5) is 11.5 Å². The molecule has 4 rings (SSSR count). The van der Waals surface area contributed by atoms with Crippen LogP contribution in [0.25, 0.3) is 10.9 Å². The largest absolute Gasteiger partial charge is 0.340 e. The maximum Gasteiger partial charge on any atom is 0.238 e. The van der Waals surface area contributed by atoms with Crippen LogP contribution in [-0.4, -0.2) is 29.9 Å². The van der Waals surface area contributed by atoms with Crippen molar-refractivity contribution in [2.75, 3.05) is 11.1 Å².